The van der Waals surface area contributed by atoms with Gasteiger partial charge in [-0.05, 0) is 37.5 Å². The molecule has 3 aromatic rings. The van der Waals surface area contributed by atoms with E-state index >= 15 is 0 Å². The van der Waals surface area contributed by atoms with Crippen molar-refractivity contribution < 1.29 is 0 Å². The average Bonchev–Trinajstić information content (AvgIpc) is 3.04. The number of hydrogen-bond donors (Lipinski definition) is 0. The van der Waals surface area contributed by atoms with E-state index in [0.717, 1.165) is 23.4 Å². The summed E-state index contributed by atoms with van der Waals surface area (Å²) in [5.41, 5.74) is 4.62. The molecule has 110 valence electrons. The molecule has 0 N–H and O–H groups in total. The second-order valence-corrected chi connectivity index (χ2v) is 5.98. The molecule has 3 nitrogen and oxygen atoms in total. The van der Waals surface area contributed by atoms with Crippen LogP contribution in [0.25, 0.3) is 11.0 Å². The normalized spacial score (nSPS) is 18.0. The van der Waals surface area contributed by atoms with E-state index in [0.29, 0.717) is 6.04 Å². The van der Waals surface area contributed by atoms with E-state index < -0.39 is 0 Å². The largest absolute Gasteiger partial charge is 0.348 e. The summed E-state index contributed by atoms with van der Waals surface area (Å²) in [6.45, 7) is 3.20. The van der Waals surface area contributed by atoms with Crippen LogP contribution in [0, 0.1) is 6.92 Å². The minimum atomic E-state index is 0.412. The van der Waals surface area contributed by atoms with Gasteiger partial charge in [-0.15, -0.1) is 0 Å². The summed E-state index contributed by atoms with van der Waals surface area (Å²) in [7, 11) is 0. The third kappa shape index (κ3) is 2.33. The number of para-hydroxylation sites is 2. The second-order valence-electron chi connectivity index (χ2n) is 5.98. The molecule has 0 spiro atoms. The first-order valence-corrected chi connectivity index (χ1v) is 7.86. The lowest BCUT2D eigenvalue weighted by atomic mass is 10.0. The number of fused-ring (bicyclic) bond motifs is 1. The van der Waals surface area contributed by atoms with Crippen LogP contribution in [-0.4, -0.2) is 16.5 Å². The smallest absolute Gasteiger partial charge is 0.148 e. The van der Waals surface area contributed by atoms with Gasteiger partial charge >= 0.3 is 0 Å². The second kappa shape index (κ2) is 5.41. The van der Waals surface area contributed by atoms with Crippen LogP contribution in [0.15, 0.2) is 54.7 Å². The maximum Gasteiger partial charge on any atom is 0.148 e. The highest BCUT2D eigenvalue weighted by Crippen LogP contribution is 2.35. The Kier molecular flexibility index (Phi) is 3.26. The van der Waals surface area contributed by atoms with Crippen LogP contribution in [0.4, 0.5) is 5.82 Å². The molecule has 1 fully saturated rings. The summed E-state index contributed by atoms with van der Waals surface area (Å²) in [5.74, 6) is 0.989. The molecule has 0 radical (unpaired) electrons. The Balaban J connectivity index is 1.73. The molecule has 1 unspecified atom stereocenters. The Hall–Kier alpha value is -2.42. The van der Waals surface area contributed by atoms with Crippen molar-refractivity contribution in [2.24, 2.45) is 0 Å². The van der Waals surface area contributed by atoms with Crippen LogP contribution in [0.1, 0.15) is 30.0 Å². The summed E-state index contributed by atoms with van der Waals surface area (Å²) in [6, 6.07) is 17.3. The van der Waals surface area contributed by atoms with Crippen molar-refractivity contribution in [3.05, 3.63) is 65.9 Å². The number of benzene rings is 2. The number of nitrogens with zero attached hydrogens (tertiary/aromatic N) is 3. The topological polar surface area (TPSA) is 29.0 Å². The lowest BCUT2D eigenvalue weighted by molar-refractivity contribution is 0.711. The van der Waals surface area contributed by atoms with Crippen LogP contribution >= 0.6 is 0 Å². The van der Waals surface area contributed by atoms with Crippen LogP contribution in [-0.2, 0) is 0 Å². The number of hydrogen-bond acceptors (Lipinski definition) is 3. The van der Waals surface area contributed by atoms with Crippen molar-refractivity contribution in [1.82, 2.24) is 9.97 Å². The standard InChI is InChI=1S/C19H19N3/c1-14-6-4-7-15(12-14)18-10-5-11-22(18)19-13-20-16-8-2-3-9-17(16)21-19/h2-4,6-9,12-13,18H,5,10-11H2,1H3. The number of anilines is 1. The lowest BCUT2D eigenvalue weighted by Crippen LogP contribution is -2.23. The van der Waals surface area contributed by atoms with Crippen LogP contribution in [0.3, 0.4) is 0 Å². The SMILES string of the molecule is Cc1cccc(C2CCCN2c2cnc3ccccc3n2)c1. The number of rotatable bonds is 2. The molecular weight excluding hydrogens is 270 g/mol. The zero-order valence-corrected chi connectivity index (χ0v) is 12.7. The predicted octanol–water partition coefficient (Wildman–Crippen LogP) is 4.28. The highest BCUT2D eigenvalue weighted by Gasteiger charge is 2.27. The Bertz CT molecular complexity index is 812. The fourth-order valence-electron chi connectivity index (χ4n) is 3.35. The molecule has 0 amide bonds. The molecular formula is C19H19N3. The maximum atomic E-state index is 4.82. The maximum absolute atomic E-state index is 4.82. The molecule has 4 rings (SSSR count). The fraction of sp³-hybridized carbons (Fsp3) is 0.263. The molecule has 1 atom stereocenters. The molecule has 3 heteroatoms. The van der Waals surface area contributed by atoms with Gasteiger partial charge in [0.05, 0.1) is 23.3 Å². The fourth-order valence-corrected chi connectivity index (χ4v) is 3.35. The molecule has 0 aliphatic carbocycles. The molecule has 2 heterocycles. The van der Waals surface area contributed by atoms with E-state index in [1.54, 1.807) is 0 Å². The zero-order chi connectivity index (χ0) is 14.9. The summed E-state index contributed by atoms with van der Waals surface area (Å²) in [5, 5.41) is 0. The minimum absolute atomic E-state index is 0.412. The zero-order valence-electron chi connectivity index (χ0n) is 12.7. The van der Waals surface area contributed by atoms with E-state index in [1.807, 2.05) is 30.5 Å². The predicted molar refractivity (Wildman–Crippen MR) is 90.0 cm³/mol. The van der Waals surface area contributed by atoms with Crippen LogP contribution in [0.5, 0.6) is 0 Å². The third-order valence-electron chi connectivity index (χ3n) is 4.41. The van der Waals surface area contributed by atoms with E-state index in [9.17, 15) is 0 Å². The first-order valence-electron chi connectivity index (χ1n) is 7.86. The Labute approximate surface area is 130 Å². The Morgan fingerprint density at radius 3 is 2.77 bits per heavy atom. The molecule has 2 aromatic carbocycles. The van der Waals surface area contributed by atoms with E-state index in [1.165, 1.54) is 24.0 Å². The monoisotopic (exact) mass is 289 g/mol. The van der Waals surface area contributed by atoms with Crippen LogP contribution in [0.2, 0.25) is 0 Å². The summed E-state index contributed by atoms with van der Waals surface area (Å²) in [6.07, 6.45) is 4.29. The van der Waals surface area contributed by atoms with Crippen molar-refractivity contribution in [3.8, 4) is 0 Å². The lowest BCUT2D eigenvalue weighted by Gasteiger charge is -2.26. The molecule has 1 aromatic heterocycles. The van der Waals surface area contributed by atoms with Gasteiger partial charge < -0.3 is 4.90 Å². The van der Waals surface area contributed by atoms with Crippen molar-refractivity contribution in [2.75, 3.05) is 11.4 Å². The van der Waals surface area contributed by atoms with Gasteiger partial charge in [0.1, 0.15) is 5.82 Å². The van der Waals surface area contributed by atoms with Gasteiger partial charge in [0.2, 0.25) is 0 Å². The number of aryl methyl sites for hydroxylation is 1. The van der Waals surface area contributed by atoms with E-state index in [2.05, 4.69) is 41.1 Å². The van der Waals surface area contributed by atoms with Crippen LogP contribution < -0.4 is 4.90 Å². The van der Waals surface area contributed by atoms with Gasteiger partial charge in [-0.2, -0.15) is 0 Å². The quantitative estimate of drug-likeness (QED) is 0.705. The van der Waals surface area contributed by atoms with Crippen molar-refractivity contribution in [3.63, 3.8) is 0 Å². The van der Waals surface area contributed by atoms with Gasteiger partial charge in [0.25, 0.3) is 0 Å². The van der Waals surface area contributed by atoms with Crippen molar-refractivity contribution in [1.29, 1.82) is 0 Å². The summed E-state index contributed by atoms with van der Waals surface area (Å²) in [4.78, 5) is 11.8. The van der Waals surface area contributed by atoms with Gasteiger partial charge in [0.15, 0.2) is 0 Å². The number of aromatic nitrogens is 2. The van der Waals surface area contributed by atoms with Crippen molar-refractivity contribution in [2.45, 2.75) is 25.8 Å². The first-order chi connectivity index (χ1) is 10.8. The van der Waals surface area contributed by atoms with Crippen molar-refractivity contribution >= 4 is 16.9 Å². The molecule has 0 saturated carbocycles. The van der Waals surface area contributed by atoms with E-state index in [-0.39, 0.29) is 0 Å². The molecule has 1 aliphatic rings. The van der Waals surface area contributed by atoms with Gasteiger partial charge in [-0.25, -0.2) is 4.98 Å². The van der Waals surface area contributed by atoms with Gasteiger partial charge in [0, 0.05) is 6.54 Å². The van der Waals surface area contributed by atoms with Gasteiger partial charge in [-0.1, -0.05) is 42.0 Å². The average molecular weight is 289 g/mol. The van der Waals surface area contributed by atoms with E-state index in [4.69, 9.17) is 4.98 Å². The molecule has 22 heavy (non-hydrogen) atoms. The molecule has 1 aliphatic heterocycles. The Morgan fingerprint density at radius 2 is 1.91 bits per heavy atom. The minimum Gasteiger partial charge on any atom is -0.348 e. The summed E-state index contributed by atoms with van der Waals surface area (Å²) >= 11 is 0. The highest BCUT2D eigenvalue weighted by molar-refractivity contribution is 5.75. The summed E-state index contributed by atoms with van der Waals surface area (Å²) < 4.78 is 0. The molecule has 0 bridgehead atoms. The molecule has 1 saturated heterocycles. The van der Waals surface area contributed by atoms with Gasteiger partial charge in [-0.3, -0.25) is 4.98 Å². The first kappa shape index (κ1) is 13.3. The Morgan fingerprint density at radius 1 is 1.05 bits per heavy atom. The highest BCUT2D eigenvalue weighted by atomic mass is 15.2. The third-order valence-corrected chi connectivity index (χ3v) is 4.41.